The fourth-order valence-corrected chi connectivity index (χ4v) is 1.90. The Balaban J connectivity index is 2.47. The van der Waals surface area contributed by atoms with Gasteiger partial charge in [0.2, 0.25) is 10.0 Å². The Labute approximate surface area is 106 Å². The summed E-state index contributed by atoms with van der Waals surface area (Å²) in [6, 6.07) is 3.10. The molecule has 0 saturated carbocycles. The number of hydrogen-bond donors (Lipinski definition) is 2. The molecule has 1 amide bonds. The normalized spacial score (nSPS) is 11.8. The van der Waals surface area contributed by atoms with E-state index in [1.807, 2.05) is 0 Å². The molecule has 1 rings (SSSR count). The van der Waals surface area contributed by atoms with Gasteiger partial charge in [-0.1, -0.05) is 0 Å². The first-order valence-corrected chi connectivity index (χ1v) is 6.95. The minimum atomic E-state index is -3.31. The van der Waals surface area contributed by atoms with Gasteiger partial charge in [-0.05, 0) is 12.1 Å². The van der Waals surface area contributed by atoms with Gasteiger partial charge in [0, 0.05) is 20.6 Å². The van der Waals surface area contributed by atoms with Gasteiger partial charge in [0.15, 0.2) is 5.76 Å². The zero-order valence-electron chi connectivity index (χ0n) is 10.3. The lowest BCUT2D eigenvalue weighted by atomic mass is 10.4. The van der Waals surface area contributed by atoms with Crippen LogP contribution in [0.1, 0.15) is 16.3 Å². The van der Waals surface area contributed by atoms with Gasteiger partial charge in [0.05, 0.1) is 12.3 Å². The van der Waals surface area contributed by atoms with Crippen LogP contribution in [0.15, 0.2) is 16.5 Å². The van der Waals surface area contributed by atoms with Gasteiger partial charge in [0.25, 0.3) is 5.91 Å². The quantitative estimate of drug-likeness (QED) is 0.718. The monoisotopic (exact) mass is 275 g/mol. The van der Waals surface area contributed by atoms with E-state index in [0.717, 1.165) is 4.31 Å². The van der Waals surface area contributed by atoms with Crippen LogP contribution >= 0.6 is 0 Å². The molecule has 0 atom stereocenters. The van der Waals surface area contributed by atoms with Crippen molar-refractivity contribution in [3.05, 3.63) is 23.7 Å². The second-order valence-electron chi connectivity index (χ2n) is 3.82. The predicted molar refractivity (Wildman–Crippen MR) is 66.4 cm³/mol. The van der Waals surface area contributed by atoms with Crippen LogP contribution in [0.4, 0.5) is 0 Å². The maximum atomic E-state index is 11.6. The van der Waals surface area contributed by atoms with E-state index in [2.05, 4.69) is 5.32 Å². The zero-order chi connectivity index (χ0) is 13.8. The summed E-state index contributed by atoms with van der Waals surface area (Å²) >= 11 is 0. The number of nitrogens with one attached hydrogen (secondary N) is 1. The molecule has 0 saturated heterocycles. The van der Waals surface area contributed by atoms with Gasteiger partial charge < -0.3 is 15.5 Å². The lowest BCUT2D eigenvalue weighted by Crippen LogP contribution is -2.33. The number of rotatable bonds is 6. The summed E-state index contributed by atoms with van der Waals surface area (Å²) in [6.45, 7) is 0.236. The standard InChI is InChI=1S/C10H17N3O4S/c1-13(2)18(15,16)6-5-12-10(14)9-4-3-8(7-11)17-9/h3-4H,5-7,11H2,1-2H3,(H,12,14). The first-order chi connectivity index (χ1) is 8.36. The first-order valence-electron chi connectivity index (χ1n) is 5.34. The Morgan fingerprint density at radius 2 is 2.11 bits per heavy atom. The highest BCUT2D eigenvalue weighted by Crippen LogP contribution is 2.06. The smallest absolute Gasteiger partial charge is 0.287 e. The summed E-state index contributed by atoms with van der Waals surface area (Å²) in [4.78, 5) is 11.6. The van der Waals surface area contributed by atoms with Gasteiger partial charge >= 0.3 is 0 Å². The molecule has 7 nitrogen and oxygen atoms in total. The SMILES string of the molecule is CN(C)S(=O)(=O)CCNC(=O)c1ccc(CN)o1. The van der Waals surface area contributed by atoms with Crippen molar-refractivity contribution in [3.8, 4) is 0 Å². The number of carbonyl (C=O) groups excluding carboxylic acids is 1. The van der Waals surface area contributed by atoms with Crippen molar-refractivity contribution < 1.29 is 17.6 Å². The average Bonchev–Trinajstić information content (AvgIpc) is 2.76. The summed E-state index contributed by atoms with van der Waals surface area (Å²) in [5.41, 5.74) is 5.34. The van der Waals surface area contributed by atoms with Gasteiger partial charge in [-0.3, -0.25) is 4.79 Å². The van der Waals surface area contributed by atoms with Crippen molar-refractivity contribution in [2.45, 2.75) is 6.54 Å². The molecule has 0 aromatic carbocycles. The van der Waals surface area contributed by atoms with E-state index in [-0.39, 0.29) is 24.6 Å². The van der Waals surface area contributed by atoms with Gasteiger partial charge in [-0.25, -0.2) is 12.7 Å². The van der Waals surface area contributed by atoms with E-state index >= 15 is 0 Å². The lowest BCUT2D eigenvalue weighted by Gasteiger charge is -2.11. The zero-order valence-corrected chi connectivity index (χ0v) is 11.2. The Bertz CT molecular complexity index is 507. The molecule has 0 aliphatic rings. The minimum Gasteiger partial charge on any atom is -0.455 e. The van der Waals surface area contributed by atoms with Crippen molar-refractivity contribution in [2.75, 3.05) is 26.4 Å². The third kappa shape index (κ3) is 3.83. The number of hydrogen-bond acceptors (Lipinski definition) is 5. The van der Waals surface area contributed by atoms with Crippen LogP contribution in [0.2, 0.25) is 0 Å². The van der Waals surface area contributed by atoms with Gasteiger partial charge in [-0.15, -0.1) is 0 Å². The van der Waals surface area contributed by atoms with Gasteiger partial charge in [-0.2, -0.15) is 0 Å². The van der Waals surface area contributed by atoms with E-state index in [9.17, 15) is 13.2 Å². The van der Waals surface area contributed by atoms with E-state index in [1.165, 1.54) is 20.2 Å². The average molecular weight is 275 g/mol. The van der Waals surface area contributed by atoms with Crippen LogP contribution in [-0.4, -0.2) is 45.0 Å². The van der Waals surface area contributed by atoms with Crippen LogP contribution in [-0.2, 0) is 16.6 Å². The fraction of sp³-hybridized carbons (Fsp3) is 0.500. The highest BCUT2D eigenvalue weighted by Gasteiger charge is 2.15. The molecular formula is C10H17N3O4S. The van der Waals surface area contributed by atoms with E-state index < -0.39 is 15.9 Å². The van der Waals surface area contributed by atoms with Crippen LogP contribution in [0.3, 0.4) is 0 Å². The minimum absolute atomic E-state index is 0.0258. The summed E-state index contributed by atoms with van der Waals surface area (Å²) in [7, 11) is -0.424. The number of furan rings is 1. The Morgan fingerprint density at radius 3 is 2.61 bits per heavy atom. The third-order valence-corrected chi connectivity index (χ3v) is 4.12. The van der Waals surface area contributed by atoms with E-state index in [1.54, 1.807) is 6.07 Å². The van der Waals surface area contributed by atoms with Crippen molar-refractivity contribution in [1.82, 2.24) is 9.62 Å². The van der Waals surface area contributed by atoms with Crippen molar-refractivity contribution >= 4 is 15.9 Å². The Hall–Kier alpha value is -1.38. The van der Waals surface area contributed by atoms with E-state index in [4.69, 9.17) is 10.2 Å². The lowest BCUT2D eigenvalue weighted by molar-refractivity contribution is 0.0926. The highest BCUT2D eigenvalue weighted by atomic mass is 32.2. The number of carbonyl (C=O) groups is 1. The molecule has 0 unspecified atom stereocenters. The number of sulfonamides is 1. The maximum absolute atomic E-state index is 11.6. The van der Waals surface area contributed by atoms with Crippen molar-refractivity contribution in [3.63, 3.8) is 0 Å². The van der Waals surface area contributed by atoms with Crippen LogP contribution in [0.5, 0.6) is 0 Å². The molecule has 1 aromatic heterocycles. The molecule has 0 aliphatic heterocycles. The molecule has 0 aliphatic carbocycles. The van der Waals surface area contributed by atoms with Crippen LogP contribution in [0, 0.1) is 0 Å². The largest absolute Gasteiger partial charge is 0.455 e. The number of nitrogens with zero attached hydrogens (tertiary/aromatic N) is 1. The summed E-state index contributed by atoms with van der Waals surface area (Å²) < 4.78 is 29.1. The maximum Gasteiger partial charge on any atom is 0.287 e. The molecule has 0 spiro atoms. The molecule has 3 N–H and O–H groups in total. The van der Waals surface area contributed by atoms with Crippen LogP contribution < -0.4 is 11.1 Å². The molecule has 1 aromatic rings. The predicted octanol–water partition coefficient (Wildman–Crippen LogP) is -0.640. The second-order valence-corrected chi connectivity index (χ2v) is 6.13. The Kier molecular flexibility index (Phi) is 4.88. The molecule has 102 valence electrons. The summed E-state index contributed by atoms with van der Waals surface area (Å²) in [6.07, 6.45) is 0. The topological polar surface area (TPSA) is 106 Å². The van der Waals surface area contributed by atoms with Crippen LogP contribution in [0.25, 0.3) is 0 Å². The molecule has 1 heterocycles. The summed E-state index contributed by atoms with van der Waals surface area (Å²) in [5, 5.41) is 2.47. The first kappa shape index (κ1) is 14.7. The highest BCUT2D eigenvalue weighted by molar-refractivity contribution is 7.89. The summed E-state index contributed by atoms with van der Waals surface area (Å²) in [5.74, 6) is 0.0124. The third-order valence-electron chi connectivity index (χ3n) is 2.29. The molecular weight excluding hydrogens is 258 g/mol. The molecule has 8 heteroatoms. The van der Waals surface area contributed by atoms with Crippen molar-refractivity contribution in [2.24, 2.45) is 5.73 Å². The number of nitrogens with two attached hydrogens (primary N) is 1. The van der Waals surface area contributed by atoms with Crippen molar-refractivity contribution in [1.29, 1.82) is 0 Å². The molecule has 18 heavy (non-hydrogen) atoms. The molecule has 0 radical (unpaired) electrons. The molecule has 0 fully saturated rings. The fourth-order valence-electron chi connectivity index (χ4n) is 1.17. The van der Waals surface area contributed by atoms with E-state index in [0.29, 0.717) is 5.76 Å². The second kappa shape index (κ2) is 5.98. The van der Waals surface area contributed by atoms with Gasteiger partial charge in [0.1, 0.15) is 5.76 Å². The molecule has 0 bridgehead atoms. The Morgan fingerprint density at radius 1 is 1.44 bits per heavy atom. The number of amides is 1.